The average molecular weight is 316 g/mol. The normalized spacial score (nSPS) is 9.91. The summed E-state index contributed by atoms with van der Waals surface area (Å²) in [5.41, 5.74) is 0.331. The minimum absolute atomic E-state index is 0.331. The van der Waals surface area contributed by atoms with E-state index in [-0.39, 0.29) is 0 Å². The molecule has 22 heavy (non-hydrogen) atoms. The lowest BCUT2D eigenvalue weighted by atomic mass is 10.3. The Bertz CT molecular complexity index is 665. The van der Waals surface area contributed by atoms with Gasteiger partial charge in [-0.3, -0.25) is 0 Å². The number of methoxy groups -OCH3 is 1. The highest BCUT2D eigenvalue weighted by Crippen LogP contribution is 2.32. The molecule has 114 valence electrons. The molecule has 0 unspecified atom stereocenters. The van der Waals surface area contributed by atoms with Crippen molar-refractivity contribution >= 4 is 18.0 Å². The summed E-state index contributed by atoms with van der Waals surface area (Å²) in [7, 11) is 1.62. The molecule has 0 N–H and O–H groups in total. The number of carbonyl (C=O) groups is 1. The Morgan fingerprint density at radius 3 is 2.27 bits per heavy atom. The highest BCUT2D eigenvalue weighted by Gasteiger charge is 2.11. The summed E-state index contributed by atoms with van der Waals surface area (Å²) in [5.74, 6) is 1.13. The summed E-state index contributed by atoms with van der Waals surface area (Å²) in [4.78, 5) is 12.5. The molecule has 0 saturated heterocycles. The average Bonchev–Trinajstić information content (AvgIpc) is 2.54. The fourth-order valence-corrected chi connectivity index (χ4v) is 2.09. The van der Waals surface area contributed by atoms with Crippen LogP contribution in [0.25, 0.3) is 0 Å². The molecule has 2 aromatic rings. The number of carbonyl (C=O) groups excluding carboxylic acids is 1. The van der Waals surface area contributed by atoms with Crippen LogP contribution in [0.3, 0.4) is 0 Å². The molecule has 5 heteroatoms. The maximum atomic E-state index is 11.6. The Labute approximate surface area is 133 Å². The van der Waals surface area contributed by atoms with E-state index < -0.39 is 5.97 Å². The van der Waals surface area contributed by atoms with Crippen LogP contribution in [0, 0.1) is 0 Å². The number of ether oxygens (including phenoxy) is 2. The smallest absolute Gasteiger partial charge is 0.338 e. The monoisotopic (exact) mass is 316 g/mol. The SMILES string of the molecule is C=C(C)C(=O)Oc1ccccc1OSc1ccc(OC)cc1. The van der Waals surface area contributed by atoms with Gasteiger partial charge in [-0.05, 0) is 43.3 Å². The standard InChI is InChI=1S/C17H16O4S/c1-12(2)17(18)20-15-6-4-5-7-16(15)21-22-14-10-8-13(19-3)9-11-14/h4-11H,1H2,2-3H3. The Morgan fingerprint density at radius 1 is 1.05 bits per heavy atom. The Morgan fingerprint density at radius 2 is 1.68 bits per heavy atom. The van der Waals surface area contributed by atoms with Gasteiger partial charge in [0.2, 0.25) is 0 Å². The maximum absolute atomic E-state index is 11.6. The summed E-state index contributed by atoms with van der Waals surface area (Å²) in [5, 5.41) is 0. The molecule has 2 aromatic carbocycles. The zero-order valence-corrected chi connectivity index (χ0v) is 13.2. The number of para-hydroxylation sites is 2. The van der Waals surface area contributed by atoms with Gasteiger partial charge in [-0.15, -0.1) is 0 Å². The van der Waals surface area contributed by atoms with E-state index in [0.717, 1.165) is 10.6 Å². The molecule has 0 radical (unpaired) electrons. The molecule has 0 saturated carbocycles. The van der Waals surface area contributed by atoms with Crippen LogP contribution in [0.2, 0.25) is 0 Å². The third-order valence-electron chi connectivity index (χ3n) is 2.69. The third-order valence-corrected chi connectivity index (χ3v) is 3.41. The summed E-state index contributed by atoms with van der Waals surface area (Å²) in [6, 6.07) is 14.4. The molecule has 0 aliphatic rings. The second kappa shape index (κ2) is 7.56. The van der Waals surface area contributed by atoms with Gasteiger partial charge < -0.3 is 13.7 Å². The van der Waals surface area contributed by atoms with Crippen LogP contribution in [0.5, 0.6) is 17.2 Å². The fourth-order valence-electron chi connectivity index (χ4n) is 1.51. The van der Waals surface area contributed by atoms with E-state index in [0.29, 0.717) is 17.1 Å². The van der Waals surface area contributed by atoms with Crippen molar-refractivity contribution in [2.75, 3.05) is 7.11 Å². The molecule has 0 heterocycles. The van der Waals surface area contributed by atoms with Gasteiger partial charge in [0.15, 0.2) is 11.5 Å². The predicted octanol–water partition coefficient (Wildman–Crippen LogP) is 4.26. The van der Waals surface area contributed by atoms with Gasteiger partial charge in [0.1, 0.15) is 5.75 Å². The van der Waals surface area contributed by atoms with Crippen LogP contribution in [0.15, 0.2) is 65.6 Å². The largest absolute Gasteiger partial charge is 0.497 e. The van der Waals surface area contributed by atoms with Gasteiger partial charge in [0.25, 0.3) is 0 Å². The van der Waals surface area contributed by atoms with E-state index in [9.17, 15) is 4.79 Å². The molecule has 0 aliphatic heterocycles. The van der Waals surface area contributed by atoms with E-state index >= 15 is 0 Å². The minimum Gasteiger partial charge on any atom is -0.497 e. The Balaban J connectivity index is 2.05. The summed E-state index contributed by atoms with van der Waals surface area (Å²) in [6.45, 7) is 5.15. The first kappa shape index (κ1) is 16.0. The molecule has 0 spiro atoms. The Hall–Kier alpha value is -2.40. The van der Waals surface area contributed by atoms with Crippen LogP contribution in [-0.4, -0.2) is 13.1 Å². The van der Waals surface area contributed by atoms with Gasteiger partial charge in [-0.1, -0.05) is 18.7 Å². The van der Waals surface area contributed by atoms with Crippen molar-refractivity contribution in [2.24, 2.45) is 0 Å². The van der Waals surface area contributed by atoms with Crippen LogP contribution >= 0.6 is 12.0 Å². The summed E-state index contributed by atoms with van der Waals surface area (Å²) >= 11 is 1.17. The molecule has 0 atom stereocenters. The fraction of sp³-hybridized carbons (Fsp3) is 0.118. The number of benzene rings is 2. The van der Waals surface area contributed by atoms with Gasteiger partial charge in [-0.2, -0.15) is 0 Å². The van der Waals surface area contributed by atoms with Crippen LogP contribution < -0.4 is 13.7 Å². The molecule has 0 aliphatic carbocycles. The lowest BCUT2D eigenvalue weighted by Crippen LogP contribution is -2.08. The lowest BCUT2D eigenvalue weighted by Gasteiger charge is -2.10. The highest BCUT2D eigenvalue weighted by molar-refractivity contribution is 7.95. The molecular formula is C17H16O4S. The summed E-state index contributed by atoms with van der Waals surface area (Å²) in [6.07, 6.45) is 0. The van der Waals surface area contributed by atoms with Crippen molar-refractivity contribution in [1.82, 2.24) is 0 Å². The van der Waals surface area contributed by atoms with Gasteiger partial charge in [0.05, 0.1) is 19.2 Å². The van der Waals surface area contributed by atoms with Gasteiger partial charge in [0, 0.05) is 10.5 Å². The van der Waals surface area contributed by atoms with Crippen molar-refractivity contribution in [1.29, 1.82) is 0 Å². The number of rotatable bonds is 6. The second-order valence-corrected chi connectivity index (χ2v) is 5.26. The van der Waals surface area contributed by atoms with Crippen molar-refractivity contribution in [2.45, 2.75) is 11.8 Å². The predicted molar refractivity (Wildman–Crippen MR) is 86.4 cm³/mol. The first-order valence-electron chi connectivity index (χ1n) is 6.55. The van der Waals surface area contributed by atoms with Gasteiger partial charge in [-0.25, -0.2) is 4.79 Å². The lowest BCUT2D eigenvalue weighted by molar-refractivity contribution is -0.130. The third kappa shape index (κ3) is 4.30. The van der Waals surface area contributed by atoms with E-state index in [1.54, 1.807) is 32.2 Å². The quantitative estimate of drug-likeness (QED) is 0.345. The van der Waals surface area contributed by atoms with E-state index in [4.69, 9.17) is 13.7 Å². The minimum atomic E-state index is -0.481. The zero-order chi connectivity index (χ0) is 15.9. The van der Waals surface area contributed by atoms with E-state index in [2.05, 4.69) is 6.58 Å². The van der Waals surface area contributed by atoms with Crippen LogP contribution in [-0.2, 0) is 4.79 Å². The molecule has 0 fully saturated rings. The number of hydrogen-bond acceptors (Lipinski definition) is 5. The zero-order valence-electron chi connectivity index (χ0n) is 12.4. The first-order chi connectivity index (χ1) is 10.6. The van der Waals surface area contributed by atoms with Crippen LogP contribution in [0.1, 0.15) is 6.92 Å². The topological polar surface area (TPSA) is 44.8 Å². The maximum Gasteiger partial charge on any atom is 0.338 e. The number of hydrogen-bond donors (Lipinski definition) is 0. The molecule has 2 rings (SSSR count). The van der Waals surface area contributed by atoms with E-state index in [1.807, 2.05) is 30.3 Å². The van der Waals surface area contributed by atoms with Crippen molar-refractivity contribution in [3.8, 4) is 17.2 Å². The van der Waals surface area contributed by atoms with E-state index in [1.165, 1.54) is 12.0 Å². The molecular weight excluding hydrogens is 300 g/mol. The second-order valence-electron chi connectivity index (χ2n) is 4.46. The molecule has 4 nitrogen and oxygen atoms in total. The molecule has 0 amide bonds. The van der Waals surface area contributed by atoms with Crippen molar-refractivity contribution < 1.29 is 18.5 Å². The van der Waals surface area contributed by atoms with Crippen molar-refractivity contribution in [3.63, 3.8) is 0 Å². The highest BCUT2D eigenvalue weighted by atomic mass is 32.2. The number of esters is 1. The van der Waals surface area contributed by atoms with Crippen molar-refractivity contribution in [3.05, 3.63) is 60.7 Å². The van der Waals surface area contributed by atoms with Gasteiger partial charge >= 0.3 is 5.97 Å². The Kier molecular flexibility index (Phi) is 5.49. The summed E-state index contributed by atoms with van der Waals surface area (Å²) < 4.78 is 16.0. The first-order valence-corrected chi connectivity index (χ1v) is 7.29. The molecule has 0 aromatic heterocycles. The van der Waals surface area contributed by atoms with Crippen LogP contribution in [0.4, 0.5) is 0 Å². The molecule has 0 bridgehead atoms.